The van der Waals surface area contributed by atoms with E-state index < -0.39 is 6.03 Å². The van der Waals surface area contributed by atoms with E-state index in [2.05, 4.69) is 21.3 Å². The van der Waals surface area contributed by atoms with Crippen LogP contribution in [0.2, 0.25) is 0 Å². The van der Waals surface area contributed by atoms with Gasteiger partial charge in [0.1, 0.15) is 5.75 Å². The van der Waals surface area contributed by atoms with Gasteiger partial charge in [-0.1, -0.05) is 18.2 Å². The van der Waals surface area contributed by atoms with Crippen LogP contribution >= 0.6 is 0 Å². The van der Waals surface area contributed by atoms with Crippen molar-refractivity contribution in [2.45, 2.75) is 13.0 Å². The second kappa shape index (κ2) is 11.6. The second-order valence-corrected chi connectivity index (χ2v) is 7.82. The van der Waals surface area contributed by atoms with Crippen molar-refractivity contribution < 1.29 is 28.6 Å². The first-order valence-electron chi connectivity index (χ1n) is 11.3. The minimum atomic E-state index is -0.434. The van der Waals surface area contributed by atoms with Gasteiger partial charge in [0, 0.05) is 25.2 Å². The van der Waals surface area contributed by atoms with E-state index >= 15 is 0 Å². The zero-order valence-corrected chi connectivity index (χ0v) is 19.6. The van der Waals surface area contributed by atoms with Gasteiger partial charge in [-0.3, -0.25) is 9.59 Å². The van der Waals surface area contributed by atoms with E-state index in [-0.39, 0.29) is 38.1 Å². The molecule has 4 rings (SSSR count). The molecule has 0 spiro atoms. The van der Waals surface area contributed by atoms with Crippen LogP contribution in [-0.4, -0.2) is 38.3 Å². The molecule has 0 fully saturated rings. The molecule has 4 amide bonds. The number of methoxy groups -OCH3 is 1. The van der Waals surface area contributed by atoms with E-state index in [1.165, 1.54) is 0 Å². The predicted octanol–water partition coefficient (Wildman–Crippen LogP) is 3.50. The van der Waals surface area contributed by atoms with Crippen molar-refractivity contribution in [3.63, 3.8) is 0 Å². The Hall–Kier alpha value is -4.73. The number of hydrogen-bond acceptors (Lipinski definition) is 6. The van der Waals surface area contributed by atoms with Gasteiger partial charge in [-0.05, 0) is 54.1 Å². The Morgan fingerprint density at radius 1 is 0.889 bits per heavy atom. The van der Waals surface area contributed by atoms with Crippen molar-refractivity contribution >= 4 is 29.2 Å². The summed E-state index contributed by atoms with van der Waals surface area (Å²) in [5.41, 5.74) is 2.16. The minimum absolute atomic E-state index is 0.0309. The monoisotopic (exact) mass is 490 g/mol. The maximum absolute atomic E-state index is 12.8. The number of urea groups is 1. The summed E-state index contributed by atoms with van der Waals surface area (Å²) in [4.78, 5) is 37.3. The molecule has 1 aliphatic heterocycles. The second-order valence-electron chi connectivity index (χ2n) is 7.82. The van der Waals surface area contributed by atoms with Crippen LogP contribution in [0.3, 0.4) is 0 Å². The molecule has 1 heterocycles. The zero-order chi connectivity index (χ0) is 25.3. The van der Waals surface area contributed by atoms with Gasteiger partial charge in [0.25, 0.3) is 5.91 Å². The summed E-state index contributed by atoms with van der Waals surface area (Å²) >= 11 is 0. The van der Waals surface area contributed by atoms with Crippen LogP contribution in [0.15, 0.2) is 66.7 Å². The molecule has 0 atom stereocenters. The van der Waals surface area contributed by atoms with Crippen LogP contribution in [0, 0.1) is 0 Å². The molecule has 0 bridgehead atoms. The highest BCUT2D eigenvalue weighted by molar-refractivity contribution is 6.03. The van der Waals surface area contributed by atoms with Gasteiger partial charge in [0.2, 0.25) is 12.7 Å². The molecule has 1 aliphatic rings. The molecule has 0 radical (unpaired) electrons. The van der Waals surface area contributed by atoms with Crippen molar-refractivity contribution in [2.24, 2.45) is 0 Å². The van der Waals surface area contributed by atoms with E-state index in [4.69, 9.17) is 14.2 Å². The third kappa shape index (κ3) is 6.44. The molecule has 36 heavy (non-hydrogen) atoms. The molecule has 186 valence electrons. The first kappa shape index (κ1) is 24.4. The number of benzene rings is 3. The lowest BCUT2D eigenvalue weighted by atomic mass is 10.1. The highest BCUT2D eigenvalue weighted by Crippen LogP contribution is 2.32. The van der Waals surface area contributed by atoms with Gasteiger partial charge in [-0.15, -0.1) is 0 Å². The first-order valence-corrected chi connectivity index (χ1v) is 11.3. The van der Waals surface area contributed by atoms with E-state index in [1.807, 2.05) is 12.1 Å². The number of hydrogen-bond donors (Lipinski definition) is 4. The van der Waals surface area contributed by atoms with Crippen LogP contribution in [0.25, 0.3) is 0 Å². The summed E-state index contributed by atoms with van der Waals surface area (Å²) < 4.78 is 15.7. The molecule has 10 heteroatoms. The molecule has 0 aliphatic carbocycles. The molecule has 0 saturated heterocycles. The molecule has 0 unspecified atom stereocenters. The van der Waals surface area contributed by atoms with E-state index in [0.29, 0.717) is 34.2 Å². The number of nitrogens with one attached hydrogen (secondary N) is 4. The molecule has 3 aromatic carbocycles. The normalized spacial score (nSPS) is 11.4. The smallest absolute Gasteiger partial charge is 0.319 e. The lowest BCUT2D eigenvalue weighted by molar-refractivity contribution is -0.116. The molecular weight excluding hydrogens is 464 g/mol. The van der Waals surface area contributed by atoms with Crippen molar-refractivity contribution in [1.82, 2.24) is 10.6 Å². The van der Waals surface area contributed by atoms with Crippen LogP contribution in [0.1, 0.15) is 22.3 Å². The summed E-state index contributed by atoms with van der Waals surface area (Å²) in [6.07, 6.45) is 0.0309. The average molecular weight is 491 g/mol. The third-order valence-corrected chi connectivity index (χ3v) is 5.32. The third-order valence-electron chi connectivity index (χ3n) is 5.32. The Morgan fingerprint density at radius 2 is 1.67 bits per heavy atom. The summed E-state index contributed by atoms with van der Waals surface area (Å²) in [5, 5.41) is 10.9. The van der Waals surface area contributed by atoms with Gasteiger partial charge in [0.05, 0.1) is 18.4 Å². The average Bonchev–Trinajstić information content (AvgIpc) is 3.36. The van der Waals surface area contributed by atoms with Crippen LogP contribution in [0.4, 0.5) is 16.2 Å². The predicted molar refractivity (Wildman–Crippen MR) is 133 cm³/mol. The Morgan fingerprint density at radius 3 is 2.47 bits per heavy atom. The first-order chi connectivity index (χ1) is 17.5. The van der Waals surface area contributed by atoms with Crippen LogP contribution < -0.4 is 35.5 Å². The standard InChI is InChI=1S/C26H26N4O6/c1-34-19-9-7-18(8-10-19)29-26(33)27-13-12-24(31)30-21-5-3-2-4-20(21)25(32)28-15-17-6-11-22-23(14-17)36-16-35-22/h2-11,14H,12-13,15-16H2,1H3,(H,28,32)(H,30,31)(H2,27,29,33). The van der Waals surface area contributed by atoms with Crippen molar-refractivity contribution in [3.8, 4) is 17.2 Å². The van der Waals surface area contributed by atoms with E-state index in [0.717, 1.165) is 5.56 Å². The van der Waals surface area contributed by atoms with Gasteiger partial charge in [-0.25, -0.2) is 4.79 Å². The number of amides is 4. The summed E-state index contributed by atoms with van der Waals surface area (Å²) in [5.74, 6) is 1.32. The SMILES string of the molecule is COc1ccc(NC(=O)NCCC(=O)Nc2ccccc2C(=O)NCc2ccc3c(c2)OCO3)cc1. The number of ether oxygens (including phenoxy) is 3. The summed E-state index contributed by atoms with van der Waals surface area (Å²) in [6, 6.07) is 18.6. The van der Waals surface area contributed by atoms with Crippen molar-refractivity contribution in [3.05, 3.63) is 77.9 Å². The topological polar surface area (TPSA) is 127 Å². The van der Waals surface area contributed by atoms with Gasteiger partial charge in [0.15, 0.2) is 11.5 Å². The quantitative estimate of drug-likeness (QED) is 0.364. The Balaban J connectivity index is 1.24. The Kier molecular flexibility index (Phi) is 7.87. The fourth-order valence-corrected chi connectivity index (χ4v) is 3.47. The van der Waals surface area contributed by atoms with Gasteiger partial charge >= 0.3 is 6.03 Å². The molecule has 0 saturated carbocycles. The van der Waals surface area contributed by atoms with Crippen LogP contribution in [0.5, 0.6) is 17.2 Å². The highest BCUT2D eigenvalue weighted by Gasteiger charge is 2.16. The number of fused-ring (bicyclic) bond motifs is 1. The number of para-hydroxylation sites is 1. The molecule has 3 aromatic rings. The maximum atomic E-state index is 12.8. The highest BCUT2D eigenvalue weighted by atomic mass is 16.7. The van der Waals surface area contributed by atoms with Gasteiger partial charge < -0.3 is 35.5 Å². The zero-order valence-electron chi connectivity index (χ0n) is 19.6. The van der Waals surface area contributed by atoms with Crippen molar-refractivity contribution in [1.29, 1.82) is 0 Å². The lowest BCUT2D eigenvalue weighted by Crippen LogP contribution is -2.31. The fraction of sp³-hybridized carbons (Fsp3) is 0.192. The maximum Gasteiger partial charge on any atom is 0.319 e. The Labute approximate surface area is 207 Å². The van der Waals surface area contributed by atoms with Crippen molar-refractivity contribution in [2.75, 3.05) is 31.1 Å². The number of carbonyl (C=O) groups is 3. The lowest BCUT2D eigenvalue weighted by Gasteiger charge is -2.12. The largest absolute Gasteiger partial charge is 0.497 e. The molecule has 0 aromatic heterocycles. The summed E-state index contributed by atoms with van der Waals surface area (Å²) in [7, 11) is 1.56. The van der Waals surface area contributed by atoms with Gasteiger partial charge in [-0.2, -0.15) is 0 Å². The summed E-state index contributed by atoms with van der Waals surface area (Å²) in [6.45, 7) is 0.582. The number of rotatable bonds is 9. The van der Waals surface area contributed by atoms with E-state index in [1.54, 1.807) is 61.7 Å². The molecular formula is C26H26N4O6. The fourth-order valence-electron chi connectivity index (χ4n) is 3.47. The Bertz CT molecular complexity index is 1250. The molecule has 10 nitrogen and oxygen atoms in total. The minimum Gasteiger partial charge on any atom is -0.497 e. The number of carbonyl (C=O) groups excluding carboxylic acids is 3. The number of anilines is 2. The molecule has 4 N–H and O–H groups in total. The van der Waals surface area contributed by atoms with E-state index in [9.17, 15) is 14.4 Å². The van der Waals surface area contributed by atoms with Crippen LogP contribution in [-0.2, 0) is 11.3 Å².